The van der Waals surface area contributed by atoms with Crippen LogP contribution in [0.1, 0.15) is 42.9 Å². The molecule has 2 aromatic heterocycles. The van der Waals surface area contributed by atoms with E-state index in [4.69, 9.17) is 4.98 Å². The topological polar surface area (TPSA) is 69.8 Å². The van der Waals surface area contributed by atoms with Gasteiger partial charge in [0.15, 0.2) is 0 Å². The van der Waals surface area contributed by atoms with Gasteiger partial charge in [0.2, 0.25) is 0 Å². The molecule has 1 fully saturated rings. The Morgan fingerprint density at radius 2 is 1.88 bits per heavy atom. The van der Waals surface area contributed by atoms with Gasteiger partial charge in [-0.3, -0.25) is 9.97 Å². The first kappa shape index (κ1) is 15.7. The summed E-state index contributed by atoms with van der Waals surface area (Å²) in [5.74, 6) is 0.367. The summed E-state index contributed by atoms with van der Waals surface area (Å²) in [6.45, 7) is 0. The standard InChI is InChI=1S/C21H19N3O/c22-13-14-3-1-4-16(11-14)21-20-17(5-2-10-23-20)12-19(24-21)15-6-8-18(25)9-7-15/h1-5,10-12,15,18,25H,6-9H2. The van der Waals surface area contributed by atoms with E-state index in [0.717, 1.165) is 53.5 Å². The fourth-order valence-electron chi connectivity index (χ4n) is 3.62. The summed E-state index contributed by atoms with van der Waals surface area (Å²) >= 11 is 0. The number of hydrogen-bond acceptors (Lipinski definition) is 4. The average Bonchev–Trinajstić information content (AvgIpc) is 2.67. The molecule has 4 heteroatoms. The van der Waals surface area contributed by atoms with Gasteiger partial charge in [0, 0.05) is 28.8 Å². The molecule has 0 unspecified atom stereocenters. The monoisotopic (exact) mass is 329 g/mol. The van der Waals surface area contributed by atoms with Gasteiger partial charge in [-0.15, -0.1) is 0 Å². The largest absolute Gasteiger partial charge is 0.393 e. The van der Waals surface area contributed by atoms with Crippen molar-refractivity contribution < 1.29 is 5.11 Å². The highest BCUT2D eigenvalue weighted by Gasteiger charge is 2.23. The second-order valence-corrected chi connectivity index (χ2v) is 6.67. The van der Waals surface area contributed by atoms with E-state index >= 15 is 0 Å². The fraction of sp³-hybridized carbons (Fsp3) is 0.286. The molecular weight excluding hydrogens is 310 g/mol. The van der Waals surface area contributed by atoms with Gasteiger partial charge in [0.05, 0.1) is 28.9 Å². The Morgan fingerprint density at radius 3 is 2.68 bits per heavy atom. The summed E-state index contributed by atoms with van der Waals surface area (Å²) in [4.78, 5) is 9.47. The first-order valence-electron chi connectivity index (χ1n) is 8.69. The minimum Gasteiger partial charge on any atom is -0.393 e. The summed E-state index contributed by atoms with van der Waals surface area (Å²) in [6.07, 6.45) is 5.17. The number of pyridine rings is 2. The number of aliphatic hydroxyl groups excluding tert-OH is 1. The molecule has 3 aromatic rings. The molecule has 0 bridgehead atoms. The number of nitriles is 1. The molecule has 25 heavy (non-hydrogen) atoms. The first-order chi connectivity index (χ1) is 12.2. The van der Waals surface area contributed by atoms with Crippen LogP contribution in [0.3, 0.4) is 0 Å². The van der Waals surface area contributed by atoms with Gasteiger partial charge in [-0.25, -0.2) is 0 Å². The number of aromatic nitrogens is 2. The highest BCUT2D eigenvalue weighted by molar-refractivity contribution is 5.91. The van der Waals surface area contributed by atoms with Gasteiger partial charge in [-0.05, 0) is 49.9 Å². The molecule has 0 aliphatic heterocycles. The molecular formula is C21H19N3O. The molecule has 4 nitrogen and oxygen atoms in total. The third-order valence-corrected chi connectivity index (χ3v) is 4.99. The Kier molecular flexibility index (Phi) is 4.17. The van der Waals surface area contributed by atoms with Crippen LogP contribution in [-0.2, 0) is 0 Å². The van der Waals surface area contributed by atoms with E-state index in [1.807, 2.05) is 24.3 Å². The lowest BCUT2D eigenvalue weighted by Crippen LogP contribution is -2.17. The van der Waals surface area contributed by atoms with Gasteiger partial charge < -0.3 is 5.11 Å². The fourth-order valence-corrected chi connectivity index (χ4v) is 3.62. The van der Waals surface area contributed by atoms with Crippen LogP contribution in [0.2, 0.25) is 0 Å². The van der Waals surface area contributed by atoms with Gasteiger partial charge in [0.1, 0.15) is 0 Å². The van der Waals surface area contributed by atoms with E-state index in [2.05, 4.69) is 23.2 Å². The lowest BCUT2D eigenvalue weighted by Gasteiger charge is -2.25. The van der Waals surface area contributed by atoms with Crippen molar-refractivity contribution in [1.29, 1.82) is 5.26 Å². The molecule has 1 aromatic carbocycles. The molecule has 4 rings (SSSR count). The zero-order chi connectivity index (χ0) is 17.2. The third kappa shape index (κ3) is 3.11. The summed E-state index contributed by atoms with van der Waals surface area (Å²) in [5, 5.41) is 20.0. The highest BCUT2D eigenvalue weighted by Crippen LogP contribution is 2.35. The van der Waals surface area contributed by atoms with Crippen molar-refractivity contribution in [2.45, 2.75) is 37.7 Å². The SMILES string of the molecule is N#Cc1cccc(-c2nc(C3CCC(O)CC3)cc3cccnc23)c1. The van der Waals surface area contributed by atoms with E-state index in [0.29, 0.717) is 11.5 Å². The lowest BCUT2D eigenvalue weighted by molar-refractivity contribution is 0.122. The molecule has 0 spiro atoms. The summed E-state index contributed by atoms with van der Waals surface area (Å²) in [7, 11) is 0. The first-order valence-corrected chi connectivity index (χ1v) is 8.69. The van der Waals surface area contributed by atoms with E-state index in [1.54, 1.807) is 12.3 Å². The summed E-state index contributed by atoms with van der Waals surface area (Å²) < 4.78 is 0. The zero-order valence-electron chi connectivity index (χ0n) is 13.9. The third-order valence-electron chi connectivity index (χ3n) is 4.99. The van der Waals surface area contributed by atoms with Gasteiger partial charge in [0.25, 0.3) is 0 Å². The number of nitrogens with zero attached hydrogens (tertiary/aromatic N) is 3. The van der Waals surface area contributed by atoms with Crippen molar-refractivity contribution in [2.24, 2.45) is 0 Å². The Hall–Kier alpha value is -2.77. The van der Waals surface area contributed by atoms with E-state index in [-0.39, 0.29) is 6.10 Å². The molecule has 1 N–H and O–H groups in total. The van der Waals surface area contributed by atoms with Crippen LogP contribution in [0.5, 0.6) is 0 Å². The van der Waals surface area contributed by atoms with Crippen LogP contribution in [0.15, 0.2) is 48.7 Å². The van der Waals surface area contributed by atoms with Crippen molar-refractivity contribution in [3.05, 3.63) is 59.9 Å². The lowest BCUT2D eigenvalue weighted by atomic mass is 9.84. The molecule has 0 atom stereocenters. The predicted molar refractivity (Wildman–Crippen MR) is 96.9 cm³/mol. The molecule has 1 aliphatic carbocycles. The van der Waals surface area contributed by atoms with Gasteiger partial charge in [-0.2, -0.15) is 5.26 Å². The van der Waals surface area contributed by atoms with Crippen molar-refractivity contribution in [3.63, 3.8) is 0 Å². The Labute approximate surface area is 146 Å². The second-order valence-electron chi connectivity index (χ2n) is 6.67. The molecule has 124 valence electrons. The Bertz CT molecular complexity index is 953. The van der Waals surface area contributed by atoms with E-state index in [1.165, 1.54) is 0 Å². The van der Waals surface area contributed by atoms with Crippen molar-refractivity contribution >= 4 is 10.9 Å². The van der Waals surface area contributed by atoms with Crippen LogP contribution >= 0.6 is 0 Å². The number of aliphatic hydroxyl groups is 1. The molecule has 1 aliphatic rings. The van der Waals surface area contributed by atoms with Crippen LogP contribution in [-0.4, -0.2) is 21.2 Å². The number of fused-ring (bicyclic) bond motifs is 1. The number of benzene rings is 1. The minimum atomic E-state index is -0.176. The predicted octanol–water partition coefficient (Wildman–Crippen LogP) is 4.19. The molecule has 0 radical (unpaired) electrons. The maximum atomic E-state index is 9.77. The van der Waals surface area contributed by atoms with Crippen molar-refractivity contribution in [1.82, 2.24) is 9.97 Å². The zero-order valence-corrected chi connectivity index (χ0v) is 13.9. The minimum absolute atomic E-state index is 0.176. The quantitative estimate of drug-likeness (QED) is 0.765. The van der Waals surface area contributed by atoms with E-state index in [9.17, 15) is 10.4 Å². The number of hydrogen-bond donors (Lipinski definition) is 1. The van der Waals surface area contributed by atoms with Crippen molar-refractivity contribution in [3.8, 4) is 17.3 Å². The van der Waals surface area contributed by atoms with Crippen LogP contribution in [0, 0.1) is 11.3 Å². The maximum absolute atomic E-state index is 9.77. The van der Waals surface area contributed by atoms with Gasteiger partial charge >= 0.3 is 0 Å². The Morgan fingerprint density at radius 1 is 1.04 bits per heavy atom. The van der Waals surface area contributed by atoms with Crippen molar-refractivity contribution in [2.75, 3.05) is 0 Å². The molecule has 1 saturated carbocycles. The van der Waals surface area contributed by atoms with Gasteiger partial charge in [-0.1, -0.05) is 18.2 Å². The number of rotatable bonds is 2. The Balaban J connectivity index is 1.86. The van der Waals surface area contributed by atoms with Crippen LogP contribution < -0.4 is 0 Å². The molecule has 2 heterocycles. The van der Waals surface area contributed by atoms with Crippen LogP contribution in [0.4, 0.5) is 0 Å². The smallest absolute Gasteiger partial charge is 0.0991 e. The summed E-state index contributed by atoms with van der Waals surface area (Å²) in [5.41, 5.74) is 4.29. The average molecular weight is 329 g/mol. The molecule has 0 saturated heterocycles. The second kappa shape index (κ2) is 6.62. The molecule has 0 amide bonds. The van der Waals surface area contributed by atoms with Crippen LogP contribution in [0.25, 0.3) is 22.2 Å². The van der Waals surface area contributed by atoms with E-state index < -0.39 is 0 Å². The highest BCUT2D eigenvalue weighted by atomic mass is 16.3. The maximum Gasteiger partial charge on any atom is 0.0991 e. The summed E-state index contributed by atoms with van der Waals surface area (Å²) in [6, 6.07) is 15.8. The normalized spacial score (nSPS) is 20.3.